The van der Waals surface area contributed by atoms with E-state index in [4.69, 9.17) is 14.2 Å². The molecule has 0 saturated carbocycles. The van der Waals surface area contributed by atoms with Crippen LogP contribution in [0.25, 0.3) is 11.2 Å². The lowest BCUT2D eigenvalue weighted by Crippen LogP contribution is -2.51. The van der Waals surface area contributed by atoms with Gasteiger partial charge in [0.15, 0.2) is 23.2 Å². The number of fused-ring (bicyclic) bond motifs is 1. The Morgan fingerprint density at radius 2 is 1.32 bits per heavy atom. The maximum absolute atomic E-state index is 12.9. The summed E-state index contributed by atoms with van der Waals surface area (Å²) in [6.45, 7) is -1.17. The van der Waals surface area contributed by atoms with Crippen molar-refractivity contribution in [1.82, 2.24) is 19.5 Å². The number of hydrogen-bond donors (Lipinski definition) is 4. The Kier molecular flexibility index (Phi) is 10.4. The molecule has 0 spiro atoms. The minimum absolute atomic E-state index is 0.167. The quantitative estimate of drug-likeness (QED) is 0.122. The van der Waals surface area contributed by atoms with Crippen LogP contribution in [0.2, 0.25) is 0 Å². The summed E-state index contributed by atoms with van der Waals surface area (Å²) >= 11 is 0. The molecule has 0 aliphatic rings. The number of rotatable bonds is 14. The molecule has 0 radical (unpaired) electrons. The summed E-state index contributed by atoms with van der Waals surface area (Å²) in [4.78, 5) is 25.9. The van der Waals surface area contributed by atoms with Gasteiger partial charge in [-0.2, -0.15) is 0 Å². The number of hydrogen-bond acceptors (Lipinski definition) is 10. The third kappa shape index (κ3) is 6.52. The molecule has 256 valence electrons. The van der Waals surface area contributed by atoms with E-state index >= 15 is 0 Å². The third-order valence-electron chi connectivity index (χ3n) is 8.72. The summed E-state index contributed by atoms with van der Waals surface area (Å²) in [7, 11) is 3.15. The summed E-state index contributed by atoms with van der Waals surface area (Å²) < 4.78 is 18.7. The Labute approximate surface area is 288 Å². The van der Waals surface area contributed by atoms with Gasteiger partial charge in [-0.15, -0.1) is 0 Å². The molecule has 50 heavy (non-hydrogen) atoms. The van der Waals surface area contributed by atoms with Crippen LogP contribution in [0.3, 0.4) is 0 Å². The van der Waals surface area contributed by atoms with Gasteiger partial charge in [0.2, 0.25) is 0 Å². The van der Waals surface area contributed by atoms with Gasteiger partial charge < -0.3 is 34.8 Å². The zero-order valence-corrected chi connectivity index (χ0v) is 27.5. The second-order valence-electron chi connectivity index (χ2n) is 11.4. The van der Waals surface area contributed by atoms with Crippen LogP contribution >= 0.6 is 0 Å². The van der Waals surface area contributed by atoms with E-state index in [0.29, 0.717) is 28.2 Å². The fraction of sp³-hybridized carbons (Fsp3) is 0.211. The van der Waals surface area contributed by atoms with Gasteiger partial charge in [-0.3, -0.25) is 9.36 Å². The minimum Gasteiger partial charge on any atom is -0.497 e. The zero-order valence-electron chi connectivity index (χ0n) is 27.5. The molecule has 6 rings (SSSR count). The molecule has 1 amide bonds. The summed E-state index contributed by atoms with van der Waals surface area (Å²) in [6.07, 6.45) is -1.17. The molecule has 2 heterocycles. The molecule has 4 N–H and O–H groups in total. The fourth-order valence-corrected chi connectivity index (χ4v) is 6.24. The molecule has 2 aromatic heterocycles. The first kappa shape index (κ1) is 34.2. The Balaban J connectivity index is 1.41. The molecule has 12 nitrogen and oxygen atoms in total. The predicted octanol–water partition coefficient (Wildman–Crippen LogP) is 4.36. The van der Waals surface area contributed by atoms with Crippen molar-refractivity contribution in [2.24, 2.45) is 0 Å². The molecule has 1 unspecified atom stereocenters. The highest BCUT2D eigenvalue weighted by atomic mass is 16.5. The Morgan fingerprint density at radius 1 is 0.760 bits per heavy atom. The van der Waals surface area contributed by atoms with Crippen molar-refractivity contribution < 1.29 is 34.3 Å². The SMILES string of the molecule is COc1ccc(C(c2ccccc2)(c2ccc(OC)cc2)C(O)[C@H](CO)O[C@H](CO)n2cnc3c(NC(=O)c4ccccc4)ncnc32)cc1. The molecule has 0 aliphatic heterocycles. The number of anilines is 1. The number of aliphatic hydroxyl groups is 3. The highest BCUT2D eigenvalue weighted by Crippen LogP contribution is 2.45. The van der Waals surface area contributed by atoms with Crippen molar-refractivity contribution in [2.75, 3.05) is 32.8 Å². The summed E-state index contributed by atoms with van der Waals surface area (Å²) in [6, 6.07) is 32.8. The van der Waals surface area contributed by atoms with Crippen molar-refractivity contribution in [3.05, 3.63) is 144 Å². The molecule has 0 aliphatic carbocycles. The van der Waals surface area contributed by atoms with Crippen molar-refractivity contribution >= 4 is 22.9 Å². The topological polar surface area (TPSA) is 161 Å². The molecule has 3 atom stereocenters. The van der Waals surface area contributed by atoms with Gasteiger partial charge in [0, 0.05) is 5.56 Å². The number of benzene rings is 4. The normalized spacial score (nSPS) is 13.4. The second kappa shape index (κ2) is 15.3. The molecule has 0 saturated heterocycles. The highest BCUT2D eigenvalue weighted by Gasteiger charge is 2.47. The van der Waals surface area contributed by atoms with Crippen LogP contribution in [0.15, 0.2) is 122 Å². The lowest BCUT2D eigenvalue weighted by atomic mass is 9.64. The molecular weight excluding hydrogens is 638 g/mol. The summed E-state index contributed by atoms with van der Waals surface area (Å²) in [5.41, 5.74) is 1.79. The number of methoxy groups -OCH3 is 2. The predicted molar refractivity (Wildman–Crippen MR) is 186 cm³/mol. The molecule has 6 aromatic rings. The van der Waals surface area contributed by atoms with E-state index in [1.165, 1.54) is 17.2 Å². The van der Waals surface area contributed by atoms with Crippen LogP contribution in [-0.2, 0) is 10.2 Å². The summed E-state index contributed by atoms with van der Waals surface area (Å²) in [5, 5.41) is 36.9. The maximum Gasteiger partial charge on any atom is 0.256 e. The first-order valence-corrected chi connectivity index (χ1v) is 15.9. The number of aromatic nitrogens is 4. The van der Waals surface area contributed by atoms with Gasteiger partial charge in [0.25, 0.3) is 5.91 Å². The number of nitrogens with zero attached hydrogens (tertiary/aromatic N) is 4. The molecular formula is C38H37N5O7. The van der Waals surface area contributed by atoms with Crippen LogP contribution in [0.4, 0.5) is 5.82 Å². The molecule has 0 fully saturated rings. The number of aliphatic hydroxyl groups excluding tert-OH is 3. The van der Waals surface area contributed by atoms with E-state index in [1.807, 2.05) is 60.7 Å². The fourth-order valence-electron chi connectivity index (χ4n) is 6.24. The van der Waals surface area contributed by atoms with E-state index < -0.39 is 37.1 Å². The van der Waals surface area contributed by atoms with Crippen molar-refractivity contribution in [3.63, 3.8) is 0 Å². The Morgan fingerprint density at radius 3 is 1.86 bits per heavy atom. The van der Waals surface area contributed by atoms with E-state index in [0.717, 1.165) is 5.56 Å². The van der Waals surface area contributed by atoms with E-state index in [2.05, 4.69) is 20.3 Å². The van der Waals surface area contributed by atoms with Gasteiger partial charge >= 0.3 is 0 Å². The van der Waals surface area contributed by atoms with Crippen molar-refractivity contribution in [3.8, 4) is 11.5 Å². The molecule has 12 heteroatoms. The third-order valence-corrected chi connectivity index (χ3v) is 8.72. The Bertz CT molecular complexity index is 1960. The van der Waals surface area contributed by atoms with E-state index in [1.54, 1.807) is 62.8 Å². The monoisotopic (exact) mass is 675 g/mol. The number of ether oxygens (including phenoxy) is 3. The smallest absolute Gasteiger partial charge is 0.256 e. The lowest BCUT2D eigenvalue weighted by Gasteiger charge is -2.43. The number of carbonyl (C=O) groups excluding carboxylic acids is 1. The molecule has 0 bridgehead atoms. The number of carbonyl (C=O) groups is 1. The van der Waals surface area contributed by atoms with E-state index in [-0.39, 0.29) is 22.9 Å². The van der Waals surface area contributed by atoms with Gasteiger partial charge in [-0.1, -0.05) is 72.8 Å². The average Bonchev–Trinajstić information content (AvgIpc) is 3.62. The highest BCUT2D eigenvalue weighted by molar-refractivity contribution is 6.06. The largest absolute Gasteiger partial charge is 0.497 e. The Hall–Kier alpha value is -5.66. The van der Waals surface area contributed by atoms with Crippen LogP contribution in [0, 0.1) is 0 Å². The lowest BCUT2D eigenvalue weighted by molar-refractivity contribution is -0.145. The maximum atomic E-state index is 12.9. The van der Waals surface area contributed by atoms with E-state index in [9.17, 15) is 20.1 Å². The summed E-state index contributed by atoms with van der Waals surface area (Å²) in [5.74, 6) is 1.04. The minimum atomic E-state index is -1.42. The number of imidazole rings is 1. The van der Waals surface area contributed by atoms with Gasteiger partial charge in [-0.05, 0) is 53.1 Å². The van der Waals surface area contributed by atoms with Gasteiger partial charge in [0.1, 0.15) is 30.0 Å². The van der Waals surface area contributed by atoms with Crippen LogP contribution in [0.1, 0.15) is 33.3 Å². The van der Waals surface area contributed by atoms with Crippen LogP contribution < -0.4 is 14.8 Å². The van der Waals surface area contributed by atoms with Crippen LogP contribution in [-0.4, -0.2) is 80.4 Å². The first-order chi connectivity index (χ1) is 24.4. The second-order valence-corrected chi connectivity index (χ2v) is 11.4. The van der Waals surface area contributed by atoms with Crippen molar-refractivity contribution in [1.29, 1.82) is 0 Å². The number of amides is 1. The standard InChI is InChI=1S/C38H37N5O7/c1-48-29-17-13-27(14-18-29)38(26-11-7-4-8-12-26,28-15-19-30(49-2)20-16-28)34(46)31(21-44)50-32(22-45)43-24-41-33-35(39-23-40-36(33)43)42-37(47)25-9-5-3-6-10-25/h3-20,23-24,31-32,34,44-46H,21-22H2,1-2H3,(H,39,40,42,47)/t31-,32+,34?/m0/s1. The average molecular weight is 676 g/mol. The first-order valence-electron chi connectivity index (χ1n) is 15.9. The molecule has 4 aromatic carbocycles. The zero-order chi connectivity index (χ0) is 35.1. The van der Waals surface area contributed by atoms with Crippen molar-refractivity contribution in [2.45, 2.75) is 23.9 Å². The van der Waals surface area contributed by atoms with Gasteiger partial charge in [0.05, 0.1) is 39.2 Å². The van der Waals surface area contributed by atoms with Crippen LogP contribution in [0.5, 0.6) is 11.5 Å². The van der Waals surface area contributed by atoms with Gasteiger partial charge in [-0.25, -0.2) is 15.0 Å². The number of nitrogens with one attached hydrogen (secondary N) is 1.